The lowest BCUT2D eigenvalue weighted by molar-refractivity contribution is -0.127. The molecule has 1 fully saturated rings. The number of halogens is 1. The number of amides is 1. The van der Waals surface area contributed by atoms with Gasteiger partial charge in [0.25, 0.3) is 0 Å². The van der Waals surface area contributed by atoms with E-state index in [1.807, 2.05) is 24.3 Å². The lowest BCUT2D eigenvalue weighted by Gasteiger charge is -2.27. The fourth-order valence-corrected chi connectivity index (χ4v) is 3.98. The van der Waals surface area contributed by atoms with Crippen molar-refractivity contribution in [1.29, 1.82) is 0 Å². The van der Waals surface area contributed by atoms with Crippen LogP contribution < -0.4 is 10.1 Å². The Kier molecular flexibility index (Phi) is 4.29. The van der Waals surface area contributed by atoms with E-state index in [2.05, 4.69) is 21.2 Å². The zero-order valence-corrected chi connectivity index (χ0v) is 13.1. The molecule has 1 N–H and O–H groups in total. The Morgan fingerprint density at radius 1 is 1.35 bits per heavy atom. The summed E-state index contributed by atoms with van der Waals surface area (Å²) in [6, 6.07) is 8.32. The Hall–Kier alpha value is -1.03. The van der Waals surface area contributed by atoms with Crippen LogP contribution in [-0.4, -0.2) is 23.9 Å². The van der Waals surface area contributed by atoms with Crippen molar-refractivity contribution in [2.45, 2.75) is 31.7 Å². The van der Waals surface area contributed by atoms with Crippen molar-refractivity contribution in [3.63, 3.8) is 0 Å². The third-order valence-corrected chi connectivity index (χ3v) is 5.27. The molecular formula is C16H20BrNO2. The minimum Gasteiger partial charge on any atom is -0.492 e. The lowest BCUT2D eigenvalue weighted by Crippen LogP contribution is -2.44. The molecule has 108 valence electrons. The topological polar surface area (TPSA) is 38.3 Å². The number of hydrogen-bond donors (Lipinski definition) is 1. The fourth-order valence-electron chi connectivity index (χ4n) is 3.21. The first kappa shape index (κ1) is 13.9. The second-order valence-electron chi connectivity index (χ2n) is 5.78. The normalized spacial score (nSPS) is 28.6. The van der Waals surface area contributed by atoms with Gasteiger partial charge in [-0.2, -0.15) is 0 Å². The van der Waals surface area contributed by atoms with Gasteiger partial charge in [0.1, 0.15) is 12.4 Å². The second kappa shape index (κ2) is 6.17. The molecule has 3 nitrogen and oxygen atoms in total. The van der Waals surface area contributed by atoms with Crippen molar-refractivity contribution in [3.05, 3.63) is 29.8 Å². The summed E-state index contributed by atoms with van der Waals surface area (Å²) in [5.41, 5.74) is 1.14. The summed E-state index contributed by atoms with van der Waals surface area (Å²) in [5, 5.41) is 4.21. The minimum absolute atomic E-state index is 0.0542. The molecule has 0 spiro atoms. The zero-order chi connectivity index (χ0) is 13.9. The van der Waals surface area contributed by atoms with E-state index in [-0.39, 0.29) is 11.8 Å². The summed E-state index contributed by atoms with van der Waals surface area (Å²) >= 11 is 3.55. The van der Waals surface area contributed by atoms with Gasteiger partial charge in [0.2, 0.25) is 5.91 Å². The maximum absolute atomic E-state index is 12.4. The summed E-state index contributed by atoms with van der Waals surface area (Å²) < 4.78 is 5.70. The first-order chi connectivity index (χ1) is 9.78. The van der Waals surface area contributed by atoms with Crippen LogP contribution in [0, 0.1) is 11.8 Å². The molecule has 0 radical (unpaired) electrons. The lowest BCUT2D eigenvalue weighted by atomic mass is 9.95. The summed E-state index contributed by atoms with van der Waals surface area (Å²) in [6.45, 7) is 0.495. The average molecular weight is 338 g/mol. The van der Waals surface area contributed by atoms with Crippen molar-refractivity contribution < 1.29 is 9.53 Å². The van der Waals surface area contributed by atoms with Gasteiger partial charge >= 0.3 is 0 Å². The molecule has 1 aliphatic heterocycles. The number of ether oxygens (including phenoxy) is 1. The van der Waals surface area contributed by atoms with Crippen LogP contribution >= 0.6 is 15.9 Å². The van der Waals surface area contributed by atoms with Crippen LogP contribution in [0.3, 0.4) is 0 Å². The van der Waals surface area contributed by atoms with Gasteiger partial charge in [-0.15, -0.1) is 0 Å². The second-order valence-corrected chi connectivity index (χ2v) is 6.43. The van der Waals surface area contributed by atoms with Crippen molar-refractivity contribution >= 4 is 21.8 Å². The summed E-state index contributed by atoms with van der Waals surface area (Å²) in [5.74, 6) is 1.60. The Morgan fingerprint density at radius 2 is 2.20 bits per heavy atom. The van der Waals surface area contributed by atoms with Crippen LogP contribution in [0.25, 0.3) is 0 Å². The van der Waals surface area contributed by atoms with Gasteiger partial charge in [0.05, 0.1) is 5.92 Å². The van der Waals surface area contributed by atoms with E-state index < -0.39 is 0 Å². The van der Waals surface area contributed by atoms with E-state index in [9.17, 15) is 4.79 Å². The SMILES string of the molecule is O=C(NC1CCCC1CBr)C1COc2ccccc2C1. The molecule has 3 unspecified atom stereocenters. The smallest absolute Gasteiger partial charge is 0.227 e. The maximum Gasteiger partial charge on any atom is 0.227 e. The number of para-hydroxylation sites is 1. The molecule has 0 saturated heterocycles. The predicted octanol–water partition coefficient (Wildman–Crippen LogP) is 2.92. The van der Waals surface area contributed by atoms with E-state index in [4.69, 9.17) is 4.74 Å². The third kappa shape index (κ3) is 2.85. The molecular weight excluding hydrogens is 318 g/mol. The highest BCUT2D eigenvalue weighted by Gasteiger charge is 2.31. The first-order valence-corrected chi connectivity index (χ1v) is 8.47. The van der Waals surface area contributed by atoms with Gasteiger partial charge in [0.15, 0.2) is 0 Å². The van der Waals surface area contributed by atoms with Gasteiger partial charge in [-0.1, -0.05) is 40.5 Å². The highest BCUT2D eigenvalue weighted by molar-refractivity contribution is 9.09. The van der Waals surface area contributed by atoms with Crippen LogP contribution in [0.1, 0.15) is 24.8 Å². The van der Waals surface area contributed by atoms with Gasteiger partial charge in [-0.3, -0.25) is 4.79 Å². The van der Waals surface area contributed by atoms with E-state index in [1.165, 1.54) is 12.8 Å². The molecule has 0 bridgehead atoms. The molecule has 3 atom stereocenters. The Balaban J connectivity index is 1.61. The Labute approximate surface area is 128 Å². The van der Waals surface area contributed by atoms with Gasteiger partial charge in [0, 0.05) is 11.4 Å². The van der Waals surface area contributed by atoms with Crippen LogP contribution in [0.2, 0.25) is 0 Å². The number of benzene rings is 1. The van der Waals surface area contributed by atoms with E-state index in [0.717, 1.165) is 29.5 Å². The van der Waals surface area contributed by atoms with Gasteiger partial charge < -0.3 is 10.1 Å². The van der Waals surface area contributed by atoms with E-state index in [0.29, 0.717) is 18.6 Å². The van der Waals surface area contributed by atoms with Crippen molar-refractivity contribution in [1.82, 2.24) is 5.32 Å². The van der Waals surface area contributed by atoms with Crippen molar-refractivity contribution in [2.75, 3.05) is 11.9 Å². The van der Waals surface area contributed by atoms with Crippen LogP contribution in [0.15, 0.2) is 24.3 Å². The number of carbonyl (C=O) groups excluding carboxylic acids is 1. The molecule has 1 aromatic rings. The number of alkyl halides is 1. The molecule has 3 rings (SSSR count). The molecule has 1 saturated carbocycles. The Morgan fingerprint density at radius 3 is 3.05 bits per heavy atom. The van der Waals surface area contributed by atoms with Crippen LogP contribution in [0.4, 0.5) is 0 Å². The Bertz CT molecular complexity index is 491. The van der Waals surface area contributed by atoms with Crippen LogP contribution in [-0.2, 0) is 11.2 Å². The van der Waals surface area contributed by atoms with E-state index >= 15 is 0 Å². The highest BCUT2D eigenvalue weighted by Crippen LogP contribution is 2.29. The number of nitrogens with one attached hydrogen (secondary N) is 1. The molecule has 4 heteroatoms. The van der Waals surface area contributed by atoms with E-state index in [1.54, 1.807) is 0 Å². The largest absolute Gasteiger partial charge is 0.492 e. The molecule has 20 heavy (non-hydrogen) atoms. The molecule has 1 heterocycles. The monoisotopic (exact) mass is 337 g/mol. The fraction of sp³-hybridized carbons (Fsp3) is 0.562. The summed E-state index contributed by atoms with van der Waals surface area (Å²) in [6.07, 6.45) is 4.31. The van der Waals surface area contributed by atoms with Crippen molar-refractivity contribution in [3.8, 4) is 5.75 Å². The summed E-state index contributed by atoms with van der Waals surface area (Å²) in [4.78, 5) is 12.4. The third-order valence-electron chi connectivity index (χ3n) is 4.43. The molecule has 2 aliphatic rings. The molecule has 1 aliphatic carbocycles. The zero-order valence-electron chi connectivity index (χ0n) is 11.5. The molecule has 1 amide bonds. The standard InChI is InChI=1S/C16H20BrNO2/c17-9-12-5-3-6-14(12)18-16(19)13-8-11-4-1-2-7-15(11)20-10-13/h1-2,4,7,12-14H,3,5-6,8-10H2,(H,18,19). The van der Waals surface area contributed by atoms with Gasteiger partial charge in [-0.25, -0.2) is 0 Å². The molecule has 0 aromatic heterocycles. The maximum atomic E-state index is 12.4. The van der Waals surface area contributed by atoms with Crippen LogP contribution in [0.5, 0.6) is 5.75 Å². The highest BCUT2D eigenvalue weighted by atomic mass is 79.9. The predicted molar refractivity (Wildman–Crippen MR) is 82.2 cm³/mol. The average Bonchev–Trinajstić information content (AvgIpc) is 2.94. The summed E-state index contributed by atoms with van der Waals surface area (Å²) in [7, 11) is 0. The number of hydrogen-bond acceptors (Lipinski definition) is 2. The minimum atomic E-state index is -0.0542. The van der Waals surface area contributed by atoms with Crippen molar-refractivity contribution in [2.24, 2.45) is 11.8 Å². The number of fused-ring (bicyclic) bond motifs is 1. The first-order valence-electron chi connectivity index (χ1n) is 7.35. The number of rotatable bonds is 3. The molecule has 1 aromatic carbocycles. The number of carbonyl (C=O) groups is 1. The van der Waals surface area contributed by atoms with Gasteiger partial charge in [-0.05, 0) is 36.8 Å². The quantitative estimate of drug-likeness (QED) is 0.861.